The highest BCUT2D eigenvalue weighted by molar-refractivity contribution is 4.92. The topological polar surface area (TPSA) is 41.5 Å². The summed E-state index contributed by atoms with van der Waals surface area (Å²) in [5.41, 5.74) is -0.659. The molecule has 1 fully saturated rings. The molecule has 2 unspecified atom stereocenters. The fourth-order valence-corrected chi connectivity index (χ4v) is 2.95. The van der Waals surface area contributed by atoms with Crippen molar-refractivity contribution in [1.82, 2.24) is 5.32 Å². The van der Waals surface area contributed by atoms with Crippen LogP contribution < -0.4 is 5.32 Å². The fraction of sp³-hybridized carbons (Fsp3) is 1.00. The number of hydrogen-bond donors (Lipinski definition) is 2. The second-order valence-corrected chi connectivity index (χ2v) is 6.44. The number of nitrogens with one attached hydrogen (secondary N) is 1. The molecule has 20 heavy (non-hydrogen) atoms. The molecule has 0 aromatic heterocycles. The Kier molecular flexibility index (Phi) is 8.74. The molecule has 120 valence electrons. The van der Waals surface area contributed by atoms with Gasteiger partial charge in [0.1, 0.15) is 5.60 Å². The van der Waals surface area contributed by atoms with Crippen LogP contribution in [0, 0.1) is 0 Å². The van der Waals surface area contributed by atoms with Crippen molar-refractivity contribution in [1.29, 1.82) is 0 Å². The van der Waals surface area contributed by atoms with Gasteiger partial charge in [-0.3, -0.25) is 0 Å². The molecule has 1 aliphatic heterocycles. The Hall–Kier alpha value is -0.120. The van der Waals surface area contributed by atoms with Crippen LogP contribution in [-0.4, -0.2) is 36.0 Å². The average Bonchev–Trinajstić information content (AvgIpc) is 2.76. The maximum absolute atomic E-state index is 10.6. The molecule has 1 heterocycles. The lowest BCUT2D eigenvalue weighted by Gasteiger charge is -2.29. The summed E-state index contributed by atoms with van der Waals surface area (Å²) in [6.07, 6.45) is 11.0. The van der Waals surface area contributed by atoms with E-state index < -0.39 is 5.60 Å². The molecule has 3 nitrogen and oxygen atoms in total. The van der Waals surface area contributed by atoms with Gasteiger partial charge in [0.15, 0.2) is 0 Å². The first-order valence-electron chi connectivity index (χ1n) is 8.69. The van der Waals surface area contributed by atoms with Crippen LogP contribution in [0.25, 0.3) is 0 Å². The van der Waals surface area contributed by atoms with Crippen LogP contribution in [0.5, 0.6) is 0 Å². The van der Waals surface area contributed by atoms with E-state index in [9.17, 15) is 5.11 Å². The zero-order valence-electron chi connectivity index (χ0n) is 13.8. The number of aliphatic hydroxyl groups is 1. The summed E-state index contributed by atoms with van der Waals surface area (Å²) in [5, 5.41) is 14.2. The Bertz CT molecular complexity index is 237. The fourth-order valence-electron chi connectivity index (χ4n) is 2.95. The van der Waals surface area contributed by atoms with Crippen molar-refractivity contribution in [3.05, 3.63) is 0 Å². The number of ether oxygens (including phenoxy) is 1. The van der Waals surface area contributed by atoms with Crippen molar-refractivity contribution >= 4 is 0 Å². The van der Waals surface area contributed by atoms with Gasteiger partial charge in [-0.2, -0.15) is 0 Å². The first-order valence-corrected chi connectivity index (χ1v) is 8.69. The molecule has 1 saturated heterocycles. The lowest BCUT2D eigenvalue weighted by atomic mass is 9.95. The predicted octanol–water partition coefficient (Wildman–Crippen LogP) is 3.65. The van der Waals surface area contributed by atoms with Gasteiger partial charge < -0.3 is 15.2 Å². The van der Waals surface area contributed by atoms with E-state index in [-0.39, 0.29) is 6.10 Å². The van der Waals surface area contributed by atoms with Gasteiger partial charge in [0.25, 0.3) is 0 Å². The highest BCUT2D eigenvalue weighted by atomic mass is 16.5. The highest BCUT2D eigenvalue weighted by Crippen LogP contribution is 2.25. The first kappa shape index (κ1) is 17.9. The molecular weight excluding hydrogens is 250 g/mol. The van der Waals surface area contributed by atoms with Crippen molar-refractivity contribution in [2.75, 3.05) is 13.2 Å². The Morgan fingerprint density at radius 1 is 1.15 bits per heavy atom. The Balaban J connectivity index is 2.33. The maximum Gasteiger partial charge on any atom is 0.105 e. The molecule has 0 bridgehead atoms. The third-order valence-corrected chi connectivity index (χ3v) is 4.67. The molecule has 1 rings (SSSR count). The van der Waals surface area contributed by atoms with Gasteiger partial charge in [-0.15, -0.1) is 0 Å². The minimum absolute atomic E-state index is 0.0399. The summed E-state index contributed by atoms with van der Waals surface area (Å²) in [6.45, 7) is 7.85. The minimum Gasteiger partial charge on any atom is -0.386 e. The van der Waals surface area contributed by atoms with Gasteiger partial charge in [-0.1, -0.05) is 52.4 Å². The van der Waals surface area contributed by atoms with Gasteiger partial charge in [0.05, 0.1) is 6.10 Å². The second kappa shape index (κ2) is 9.75. The molecule has 0 aliphatic carbocycles. The number of rotatable bonds is 11. The van der Waals surface area contributed by atoms with Crippen molar-refractivity contribution in [2.24, 2.45) is 0 Å². The third-order valence-electron chi connectivity index (χ3n) is 4.67. The molecule has 2 N–H and O–H groups in total. The Labute approximate surface area is 125 Å². The van der Waals surface area contributed by atoms with E-state index >= 15 is 0 Å². The smallest absolute Gasteiger partial charge is 0.105 e. The van der Waals surface area contributed by atoms with Crippen LogP contribution in [-0.2, 0) is 4.74 Å². The molecule has 0 aromatic carbocycles. The summed E-state index contributed by atoms with van der Waals surface area (Å²) >= 11 is 0. The van der Waals surface area contributed by atoms with E-state index in [1.54, 1.807) is 0 Å². The van der Waals surface area contributed by atoms with Crippen LogP contribution in [0.1, 0.15) is 78.6 Å². The average molecular weight is 285 g/mol. The summed E-state index contributed by atoms with van der Waals surface area (Å²) in [4.78, 5) is 0. The SMILES string of the molecule is CCCCCC(CCCCC)NCC1(O)CCOC1C. The van der Waals surface area contributed by atoms with E-state index in [0.717, 1.165) is 6.42 Å². The molecule has 1 aliphatic rings. The van der Waals surface area contributed by atoms with Crippen LogP contribution in [0.15, 0.2) is 0 Å². The molecule has 0 saturated carbocycles. The molecule has 2 atom stereocenters. The normalized spacial score (nSPS) is 26.6. The second-order valence-electron chi connectivity index (χ2n) is 6.44. The minimum atomic E-state index is -0.659. The predicted molar refractivity (Wildman–Crippen MR) is 85.1 cm³/mol. The monoisotopic (exact) mass is 285 g/mol. The van der Waals surface area contributed by atoms with Gasteiger partial charge in [-0.05, 0) is 19.8 Å². The standard InChI is InChI=1S/C17H35NO2/c1-4-6-8-10-16(11-9-7-5-2)18-14-17(19)12-13-20-15(17)3/h15-16,18-19H,4-14H2,1-3H3. The number of unbranched alkanes of at least 4 members (excludes halogenated alkanes) is 4. The molecule has 0 aromatic rings. The van der Waals surface area contributed by atoms with Gasteiger partial charge in [0.2, 0.25) is 0 Å². The van der Waals surface area contributed by atoms with E-state index in [0.29, 0.717) is 19.2 Å². The zero-order valence-corrected chi connectivity index (χ0v) is 13.8. The van der Waals surface area contributed by atoms with E-state index in [1.807, 2.05) is 6.92 Å². The van der Waals surface area contributed by atoms with Crippen LogP contribution >= 0.6 is 0 Å². The lowest BCUT2D eigenvalue weighted by molar-refractivity contribution is -0.0280. The third kappa shape index (κ3) is 6.11. The molecular formula is C17H35NO2. The largest absolute Gasteiger partial charge is 0.386 e. The number of hydrogen-bond acceptors (Lipinski definition) is 3. The van der Waals surface area contributed by atoms with Gasteiger partial charge in [-0.25, -0.2) is 0 Å². The van der Waals surface area contributed by atoms with Gasteiger partial charge >= 0.3 is 0 Å². The van der Waals surface area contributed by atoms with E-state index in [2.05, 4.69) is 19.2 Å². The van der Waals surface area contributed by atoms with Crippen molar-refractivity contribution in [3.8, 4) is 0 Å². The van der Waals surface area contributed by atoms with Crippen molar-refractivity contribution in [3.63, 3.8) is 0 Å². The molecule has 0 amide bonds. The van der Waals surface area contributed by atoms with Crippen LogP contribution in [0.4, 0.5) is 0 Å². The molecule has 0 radical (unpaired) electrons. The molecule has 0 spiro atoms. The molecule has 3 heteroatoms. The van der Waals surface area contributed by atoms with Crippen LogP contribution in [0.3, 0.4) is 0 Å². The summed E-state index contributed by atoms with van der Waals surface area (Å²) in [7, 11) is 0. The Morgan fingerprint density at radius 3 is 2.20 bits per heavy atom. The van der Waals surface area contributed by atoms with E-state index in [4.69, 9.17) is 4.74 Å². The first-order chi connectivity index (χ1) is 9.62. The summed E-state index contributed by atoms with van der Waals surface area (Å²) in [5.74, 6) is 0. The lowest BCUT2D eigenvalue weighted by Crippen LogP contribution is -2.48. The van der Waals surface area contributed by atoms with Gasteiger partial charge in [0, 0.05) is 25.6 Å². The van der Waals surface area contributed by atoms with E-state index in [1.165, 1.54) is 51.4 Å². The highest BCUT2D eigenvalue weighted by Gasteiger charge is 2.39. The summed E-state index contributed by atoms with van der Waals surface area (Å²) < 4.78 is 5.51. The van der Waals surface area contributed by atoms with Crippen molar-refractivity contribution in [2.45, 2.75) is 96.3 Å². The quantitative estimate of drug-likeness (QED) is 0.569. The van der Waals surface area contributed by atoms with Crippen LogP contribution in [0.2, 0.25) is 0 Å². The van der Waals surface area contributed by atoms with Crippen molar-refractivity contribution < 1.29 is 9.84 Å². The zero-order chi connectivity index (χ0) is 14.8. The Morgan fingerprint density at radius 2 is 1.75 bits per heavy atom. The summed E-state index contributed by atoms with van der Waals surface area (Å²) in [6, 6.07) is 0.560. The maximum atomic E-state index is 10.6.